The summed E-state index contributed by atoms with van der Waals surface area (Å²) in [5, 5.41) is 19.2. The molecule has 0 aliphatic heterocycles. The van der Waals surface area contributed by atoms with Crippen LogP contribution in [0.15, 0.2) is 52.2 Å². The molecule has 1 aromatic carbocycles. The quantitative estimate of drug-likeness (QED) is 0.524. The number of imidazole rings is 1. The van der Waals surface area contributed by atoms with Crippen LogP contribution in [0.3, 0.4) is 0 Å². The first-order valence-electron chi connectivity index (χ1n) is 9.12. The van der Waals surface area contributed by atoms with Crippen LogP contribution >= 0.6 is 11.6 Å². The maximum atomic E-state index is 12.8. The Labute approximate surface area is 171 Å². The van der Waals surface area contributed by atoms with Crippen molar-refractivity contribution >= 4 is 11.6 Å². The van der Waals surface area contributed by atoms with Gasteiger partial charge in [-0.1, -0.05) is 28.9 Å². The van der Waals surface area contributed by atoms with Crippen molar-refractivity contribution in [3.05, 3.63) is 80.9 Å². The van der Waals surface area contributed by atoms with Gasteiger partial charge in [0.05, 0.1) is 30.3 Å². The third-order valence-electron chi connectivity index (χ3n) is 4.85. The maximum Gasteiger partial charge on any atom is 0.335 e. The van der Waals surface area contributed by atoms with Crippen LogP contribution in [0.2, 0.25) is 5.02 Å². The van der Waals surface area contributed by atoms with Crippen molar-refractivity contribution in [2.24, 2.45) is 0 Å². The van der Waals surface area contributed by atoms with E-state index in [9.17, 15) is 9.90 Å². The zero-order valence-electron chi connectivity index (χ0n) is 16.0. The second kappa shape index (κ2) is 7.63. The second-order valence-electron chi connectivity index (χ2n) is 6.88. The molecular weight excluding hydrogens is 394 g/mol. The minimum absolute atomic E-state index is 0.141. The highest BCUT2D eigenvalue weighted by Crippen LogP contribution is 2.18. The van der Waals surface area contributed by atoms with Crippen LogP contribution < -0.4 is 5.69 Å². The van der Waals surface area contributed by atoms with Crippen molar-refractivity contribution in [2.75, 3.05) is 0 Å². The molecule has 29 heavy (non-hydrogen) atoms. The average Bonchev–Trinajstić information content (AvgIpc) is 3.34. The first-order chi connectivity index (χ1) is 13.9. The summed E-state index contributed by atoms with van der Waals surface area (Å²) >= 11 is 6.01. The monoisotopic (exact) mass is 413 g/mol. The van der Waals surface area contributed by atoms with Crippen LogP contribution in [0.4, 0.5) is 0 Å². The molecule has 0 bridgehead atoms. The summed E-state index contributed by atoms with van der Waals surface area (Å²) in [6.45, 7) is 4.60. The molecule has 0 saturated carbocycles. The lowest BCUT2D eigenvalue weighted by molar-refractivity contribution is 0.391. The smallest absolute Gasteiger partial charge is 0.335 e. The molecule has 3 aromatic heterocycles. The molecule has 0 atom stereocenters. The van der Waals surface area contributed by atoms with Gasteiger partial charge in [-0.15, -0.1) is 0 Å². The lowest BCUT2D eigenvalue weighted by Gasteiger charge is -2.03. The number of nitrogens with zero attached hydrogens (tertiary/aromatic N) is 5. The van der Waals surface area contributed by atoms with Gasteiger partial charge in [0, 0.05) is 23.3 Å². The largest absolute Gasteiger partial charge is 0.493 e. The second-order valence-corrected chi connectivity index (χ2v) is 7.31. The highest BCUT2D eigenvalue weighted by Gasteiger charge is 2.15. The van der Waals surface area contributed by atoms with Crippen LogP contribution in [-0.2, 0) is 19.5 Å². The summed E-state index contributed by atoms with van der Waals surface area (Å²) < 4.78 is 9.56. The average molecular weight is 414 g/mol. The molecule has 1 N–H and O–H groups in total. The molecule has 150 valence electrons. The van der Waals surface area contributed by atoms with Gasteiger partial charge in [-0.2, -0.15) is 5.10 Å². The van der Waals surface area contributed by atoms with Crippen LogP contribution in [0.25, 0.3) is 5.69 Å². The van der Waals surface area contributed by atoms with Gasteiger partial charge in [0.2, 0.25) is 5.88 Å². The maximum absolute atomic E-state index is 12.8. The Morgan fingerprint density at radius 3 is 2.79 bits per heavy atom. The van der Waals surface area contributed by atoms with Gasteiger partial charge in [0.1, 0.15) is 5.76 Å². The standard InChI is InChI=1S/C20H20ClN5O3/c1-13-18(14(2)29-23-13)11-25-10-17(9-22-25)26-19(27)12-24(20(26)28)7-6-15-4-3-5-16(21)8-15/h3-5,8-10,12,27H,6-7,11H2,1-2H3. The number of rotatable bonds is 6. The molecule has 0 unspecified atom stereocenters. The normalized spacial score (nSPS) is 11.3. The Balaban J connectivity index is 1.55. The fourth-order valence-corrected chi connectivity index (χ4v) is 3.48. The summed E-state index contributed by atoms with van der Waals surface area (Å²) in [5.74, 6) is 0.588. The van der Waals surface area contributed by atoms with E-state index in [1.807, 2.05) is 32.0 Å². The molecule has 0 saturated heterocycles. The number of aromatic hydroxyl groups is 1. The lowest BCUT2D eigenvalue weighted by atomic mass is 10.1. The Hall–Kier alpha value is -3.26. The Bertz CT molecular complexity index is 1200. The number of aryl methyl sites for hydroxylation is 4. The van der Waals surface area contributed by atoms with E-state index in [2.05, 4.69) is 10.3 Å². The first-order valence-corrected chi connectivity index (χ1v) is 9.50. The number of aromatic nitrogens is 5. The summed E-state index contributed by atoms with van der Waals surface area (Å²) in [6, 6.07) is 7.49. The molecule has 0 fully saturated rings. The van der Waals surface area contributed by atoms with E-state index in [0.29, 0.717) is 30.2 Å². The molecule has 0 amide bonds. The highest BCUT2D eigenvalue weighted by molar-refractivity contribution is 6.30. The predicted molar refractivity (Wildman–Crippen MR) is 108 cm³/mol. The van der Waals surface area contributed by atoms with Gasteiger partial charge in [-0.05, 0) is 38.0 Å². The van der Waals surface area contributed by atoms with E-state index in [0.717, 1.165) is 22.6 Å². The van der Waals surface area contributed by atoms with E-state index in [1.54, 1.807) is 23.1 Å². The van der Waals surface area contributed by atoms with Crippen LogP contribution in [0.1, 0.15) is 22.6 Å². The molecule has 9 heteroatoms. The molecular formula is C20H20ClN5O3. The van der Waals surface area contributed by atoms with Crippen molar-refractivity contribution in [2.45, 2.75) is 33.4 Å². The van der Waals surface area contributed by atoms with E-state index in [4.69, 9.17) is 16.1 Å². The number of hydrogen-bond donors (Lipinski definition) is 1. The van der Waals surface area contributed by atoms with Gasteiger partial charge in [0.25, 0.3) is 0 Å². The van der Waals surface area contributed by atoms with Crippen molar-refractivity contribution in [3.8, 4) is 11.6 Å². The van der Waals surface area contributed by atoms with Gasteiger partial charge < -0.3 is 9.63 Å². The zero-order chi connectivity index (χ0) is 20.5. The van der Waals surface area contributed by atoms with Gasteiger partial charge in [-0.25, -0.2) is 9.36 Å². The minimum atomic E-state index is -0.332. The van der Waals surface area contributed by atoms with Crippen LogP contribution in [0, 0.1) is 13.8 Å². The molecule has 0 spiro atoms. The van der Waals surface area contributed by atoms with Gasteiger partial charge >= 0.3 is 5.69 Å². The Morgan fingerprint density at radius 1 is 1.24 bits per heavy atom. The van der Waals surface area contributed by atoms with E-state index < -0.39 is 0 Å². The third kappa shape index (κ3) is 3.84. The summed E-state index contributed by atoms with van der Waals surface area (Å²) in [7, 11) is 0. The van der Waals surface area contributed by atoms with Crippen LogP contribution in [-0.4, -0.2) is 29.2 Å². The Kier molecular flexibility index (Phi) is 5.02. The number of benzene rings is 1. The molecule has 0 radical (unpaired) electrons. The Morgan fingerprint density at radius 2 is 2.07 bits per heavy atom. The van der Waals surface area contributed by atoms with Crippen molar-refractivity contribution in [1.29, 1.82) is 0 Å². The van der Waals surface area contributed by atoms with E-state index in [-0.39, 0.29) is 11.6 Å². The fraction of sp³-hybridized carbons (Fsp3) is 0.250. The first kappa shape index (κ1) is 19.1. The lowest BCUT2D eigenvalue weighted by Crippen LogP contribution is -2.23. The SMILES string of the molecule is Cc1noc(C)c1Cn1cc(-n2c(O)cn(CCc3cccc(Cl)c3)c2=O)cn1. The van der Waals surface area contributed by atoms with Gasteiger partial charge in [-0.3, -0.25) is 9.25 Å². The van der Waals surface area contributed by atoms with Crippen molar-refractivity contribution < 1.29 is 9.63 Å². The fourth-order valence-electron chi connectivity index (χ4n) is 3.27. The highest BCUT2D eigenvalue weighted by atomic mass is 35.5. The summed E-state index contributed by atoms with van der Waals surface area (Å²) in [6.07, 6.45) is 5.29. The molecule has 4 aromatic rings. The summed E-state index contributed by atoms with van der Waals surface area (Å²) in [5.41, 5.74) is 2.91. The number of halogens is 1. The third-order valence-corrected chi connectivity index (χ3v) is 5.08. The van der Waals surface area contributed by atoms with Gasteiger partial charge in [0.15, 0.2) is 0 Å². The topological polar surface area (TPSA) is 91.0 Å². The van der Waals surface area contributed by atoms with Crippen LogP contribution in [0.5, 0.6) is 5.88 Å². The van der Waals surface area contributed by atoms with Crippen molar-refractivity contribution in [1.82, 2.24) is 24.1 Å². The van der Waals surface area contributed by atoms with E-state index in [1.165, 1.54) is 15.3 Å². The molecule has 4 rings (SSSR count). The van der Waals surface area contributed by atoms with E-state index >= 15 is 0 Å². The molecule has 0 aliphatic carbocycles. The minimum Gasteiger partial charge on any atom is -0.493 e. The molecule has 0 aliphatic rings. The molecule has 8 nitrogen and oxygen atoms in total. The predicted octanol–water partition coefficient (Wildman–Crippen LogP) is 3.09. The van der Waals surface area contributed by atoms with Crippen molar-refractivity contribution in [3.63, 3.8) is 0 Å². The summed E-state index contributed by atoms with van der Waals surface area (Å²) in [4.78, 5) is 12.8. The molecule has 3 heterocycles. The number of hydrogen-bond acceptors (Lipinski definition) is 5. The zero-order valence-corrected chi connectivity index (χ0v) is 16.8.